The molecule has 4 aliphatic rings. The molecule has 2 aromatic carbocycles. The van der Waals surface area contributed by atoms with Gasteiger partial charge in [-0.15, -0.1) is 11.3 Å². The highest BCUT2D eigenvalue weighted by Gasteiger charge is 2.58. The number of amides is 8. The van der Waals surface area contributed by atoms with E-state index >= 15 is 0 Å². The molecule has 3 fully saturated rings. The van der Waals surface area contributed by atoms with Crippen molar-refractivity contribution in [2.45, 2.75) is 127 Å². The van der Waals surface area contributed by atoms with Crippen molar-refractivity contribution < 1.29 is 61.5 Å². The molecule has 8 amide bonds. The Bertz CT molecular complexity index is 2700. The summed E-state index contributed by atoms with van der Waals surface area (Å²) in [5.74, 6) is 2.19. The first-order chi connectivity index (χ1) is 33.3. The monoisotopic (exact) mass is 1010 g/mol. The van der Waals surface area contributed by atoms with Crippen LogP contribution in [-0.2, 0) is 45.5 Å². The first kappa shape index (κ1) is 51.8. The molecule has 6 atom stereocenters. The third-order valence-electron chi connectivity index (χ3n) is 13.2. The number of likely N-dealkylation sites (tertiary alicyclic amines) is 1. The number of thiophene rings is 1. The standard InChI is InChI=1S/C48H56F2N7O11PS/c1-2-3-14-35(54-44(62)38-24-28-22-30(15-18-37(28)70-38)48(49,50)69(66,67)68)47(65)57-25-29-23-32(29)41(57)45(63)53-34(16-19-39(51)58)42(60)52-21-9-7-5-4-6-8-11-27-12-10-13-31-33(27)26-56(46(31)64)36-17-20-40(59)55-43(36)61/h10,12-13,15,18,22,24,29,32,34-36,41H,2-7,9,14,16-17,19-21,23,25-26H2,1H3,(H2,51,58)(H,52,60)(H,53,63)(H,54,62)(H,55,59,61)(H2,66,67,68)/t29?,32-,34+,35+,36?,41-/m1/s1. The number of rotatable bonds is 21. The van der Waals surface area contributed by atoms with Crippen LogP contribution in [0.3, 0.4) is 0 Å². The minimum atomic E-state index is -5.83. The molecule has 1 aliphatic carbocycles. The van der Waals surface area contributed by atoms with Crippen molar-refractivity contribution in [3.05, 3.63) is 69.6 Å². The van der Waals surface area contributed by atoms with Gasteiger partial charge in [0.15, 0.2) is 0 Å². The van der Waals surface area contributed by atoms with E-state index < -0.39 is 78.4 Å². The average molecular weight is 1010 g/mol. The van der Waals surface area contributed by atoms with E-state index in [0.29, 0.717) is 54.5 Å². The first-order valence-corrected chi connectivity index (χ1v) is 25.9. The number of alkyl halides is 2. The Labute approximate surface area is 406 Å². The Hall–Kier alpha value is -6.07. The summed E-state index contributed by atoms with van der Waals surface area (Å²) in [6.45, 7) is 2.68. The molecule has 374 valence electrons. The molecule has 18 nitrogen and oxygen atoms in total. The number of nitrogens with zero attached hydrogens (tertiary/aromatic N) is 2. The summed E-state index contributed by atoms with van der Waals surface area (Å²) >= 11 is 0.949. The van der Waals surface area contributed by atoms with Gasteiger partial charge in [-0.25, -0.2) is 0 Å². The van der Waals surface area contributed by atoms with Gasteiger partial charge in [0.1, 0.15) is 24.2 Å². The molecule has 2 unspecified atom stereocenters. The Morgan fingerprint density at radius 3 is 2.50 bits per heavy atom. The lowest BCUT2D eigenvalue weighted by Crippen LogP contribution is -2.57. The minimum absolute atomic E-state index is 0.0386. The molecule has 3 aromatic rings. The maximum Gasteiger partial charge on any atom is 0.399 e. The first-order valence-electron chi connectivity index (χ1n) is 23.5. The molecule has 0 spiro atoms. The number of carbonyl (C=O) groups is 8. The zero-order valence-corrected chi connectivity index (χ0v) is 40.2. The third-order valence-corrected chi connectivity index (χ3v) is 15.4. The lowest BCUT2D eigenvalue weighted by molar-refractivity contribution is -0.142. The Balaban J connectivity index is 0.897. The molecule has 8 N–H and O–H groups in total. The highest BCUT2D eigenvalue weighted by molar-refractivity contribution is 7.52. The Kier molecular flexibility index (Phi) is 16.2. The largest absolute Gasteiger partial charge is 0.399 e. The molecule has 4 heterocycles. The quantitative estimate of drug-likeness (QED) is 0.0348. The number of nitrogens with one attached hydrogen (secondary N) is 4. The number of carbonyl (C=O) groups excluding carboxylic acids is 8. The molecule has 1 saturated carbocycles. The highest BCUT2D eigenvalue weighted by Crippen LogP contribution is 2.59. The molecule has 0 radical (unpaired) electrons. The number of nitrogens with two attached hydrogens (primary N) is 1. The number of hydrogen-bond donors (Lipinski definition) is 7. The zero-order chi connectivity index (χ0) is 50.5. The molecular weight excluding hydrogens is 952 g/mol. The Morgan fingerprint density at radius 2 is 1.77 bits per heavy atom. The third kappa shape index (κ3) is 11.7. The van der Waals surface area contributed by atoms with Crippen LogP contribution in [0.1, 0.15) is 127 Å². The predicted molar refractivity (Wildman–Crippen MR) is 251 cm³/mol. The van der Waals surface area contributed by atoms with Crippen molar-refractivity contribution in [3.8, 4) is 11.8 Å². The van der Waals surface area contributed by atoms with E-state index in [-0.39, 0.29) is 79.1 Å². The maximum atomic E-state index is 14.4. The van der Waals surface area contributed by atoms with Crippen molar-refractivity contribution in [3.63, 3.8) is 0 Å². The van der Waals surface area contributed by atoms with Gasteiger partial charge in [0.25, 0.3) is 11.8 Å². The van der Waals surface area contributed by atoms with E-state index in [2.05, 4.69) is 33.1 Å². The van der Waals surface area contributed by atoms with E-state index in [1.54, 1.807) is 12.1 Å². The summed E-state index contributed by atoms with van der Waals surface area (Å²) in [6.07, 6.45) is 5.86. The fraction of sp³-hybridized carbons (Fsp3) is 0.500. The second-order valence-corrected chi connectivity index (χ2v) is 21.0. The molecule has 70 heavy (non-hydrogen) atoms. The van der Waals surface area contributed by atoms with E-state index in [4.69, 9.17) is 5.73 Å². The topological polar surface area (TPSA) is 275 Å². The van der Waals surface area contributed by atoms with Gasteiger partial charge in [-0.05, 0) is 91.6 Å². The second kappa shape index (κ2) is 21.9. The summed E-state index contributed by atoms with van der Waals surface area (Å²) in [4.78, 5) is 126. The maximum absolute atomic E-state index is 14.4. The van der Waals surface area contributed by atoms with E-state index in [1.165, 1.54) is 21.9 Å². The highest BCUT2D eigenvalue weighted by atomic mass is 32.1. The van der Waals surface area contributed by atoms with Crippen molar-refractivity contribution in [2.75, 3.05) is 13.1 Å². The van der Waals surface area contributed by atoms with Gasteiger partial charge in [0, 0.05) is 60.3 Å². The number of unbranched alkanes of at least 4 members (excludes halogenated alkanes) is 5. The zero-order valence-electron chi connectivity index (χ0n) is 38.5. The molecule has 2 saturated heterocycles. The van der Waals surface area contributed by atoms with Gasteiger partial charge in [-0.3, -0.25) is 48.2 Å². The number of hydrogen-bond acceptors (Lipinski definition) is 10. The van der Waals surface area contributed by atoms with E-state index in [9.17, 15) is 61.5 Å². The molecule has 22 heteroatoms. The number of primary amides is 1. The summed E-state index contributed by atoms with van der Waals surface area (Å²) in [5.41, 5.74) is 2.02. The predicted octanol–water partition coefficient (Wildman–Crippen LogP) is 3.89. The van der Waals surface area contributed by atoms with Gasteiger partial charge in [-0.2, -0.15) is 8.78 Å². The van der Waals surface area contributed by atoms with Crippen molar-refractivity contribution in [2.24, 2.45) is 17.6 Å². The minimum Gasteiger partial charge on any atom is -0.370 e. The molecule has 0 bridgehead atoms. The van der Waals surface area contributed by atoms with Crippen LogP contribution in [0.25, 0.3) is 10.1 Å². The van der Waals surface area contributed by atoms with Crippen LogP contribution < -0.4 is 27.0 Å². The summed E-state index contributed by atoms with van der Waals surface area (Å²) in [7, 11) is -5.83. The fourth-order valence-electron chi connectivity index (χ4n) is 9.33. The van der Waals surface area contributed by atoms with Crippen LogP contribution in [-0.4, -0.2) is 104 Å². The van der Waals surface area contributed by atoms with Crippen LogP contribution in [0.5, 0.6) is 0 Å². The summed E-state index contributed by atoms with van der Waals surface area (Å²) in [6, 6.07) is 5.79. The van der Waals surface area contributed by atoms with Crippen molar-refractivity contribution in [1.82, 2.24) is 31.1 Å². The summed E-state index contributed by atoms with van der Waals surface area (Å²) < 4.78 is 40.7. The molecule has 3 aliphatic heterocycles. The number of benzene rings is 2. The number of piperidine rings is 2. The summed E-state index contributed by atoms with van der Waals surface area (Å²) in [5, 5.41) is 10.8. The smallest absolute Gasteiger partial charge is 0.370 e. The number of fused-ring (bicyclic) bond motifs is 3. The molecule has 1 aromatic heterocycles. The van der Waals surface area contributed by atoms with Crippen molar-refractivity contribution >= 4 is 76.3 Å². The van der Waals surface area contributed by atoms with Gasteiger partial charge >= 0.3 is 13.3 Å². The van der Waals surface area contributed by atoms with Crippen molar-refractivity contribution in [1.29, 1.82) is 0 Å². The van der Waals surface area contributed by atoms with Crippen LogP contribution in [0, 0.1) is 23.7 Å². The van der Waals surface area contributed by atoms with Crippen LogP contribution in [0.4, 0.5) is 8.78 Å². The average Bonchev–Trinajstić information content (AvgIpc) is 3.59. The van der Waals surface area contributed by atoms with Gasteiger partial charge in [0.05, 0.1) is 4.88 Å². The van der Waals surface area contributed by atoms with Gasteiger partial charge in [0.2, 0.25) is 35.4 Å². The van der Waals surface area contributed by atoms with Gasteiger partial charge in [-0.1, -0.05) is 56.6 Å². The number of halogens is 2. The Morgan fingerprint density at radius 1 is 1.00 bits per heavy atom. The molecular formula is C48H56F2N7O11PS. The lowest BCUT2D eigenvalue weighted by atomic mass is 10.0. The van der Waals surface area contributed by atoms with E-state index in [0.717, 1.165) is 48.3 Å². The second-order valence-electron chi connectivity index (χ2n) is 18.3. The van der Waals surface area contributed by atoms with Crippen LogP contribution >= 0.6 is 18.9 Å². The van der Waals surface area contributed by atoms with Crippen LogP contribution in [0.15, 0.2) is 42.5 Å². The fourth-order valence-corrected chi connectivity index (χ4v) is 10.8. The number of imide groups is 1. The molecule has 7 rings (SSSR count). The lowest BCUT2D eigenvalue weighted by Gasteiger charge is -2.31. The van der Waals surface area contributed by atoms with Crippen LogP contribution in [0.2, 0.25) is 0 Å². The van der Waals surface area contributed by atoms with Gasteiger partial charge < -0.3 is 41.3 Å². The van der Waals surface area contributed by atoms with E-state index in [1.807, 2.05) is 13.0 Å². The SMILES string of the molecule is CCCC[C@H](NC(=O)c1cc2cc(C(F)(F)P(=O)(O)O)ccc2s1)C(=O)N1CC2C[C@H]2[C@@H]1C(=O)N[C@@H](CCC(N)=O)C(=O)NCCCCCCC#Cc1cccc2c1CN(C1CCC(=O)NC1=O)C2=O. The normalized spacial score (nSPS) is 20.4.